The summed E-state index contributed by atoms with van der Waals surface area (Å²) >= 11 is 3.71. The molecule has 0 amide bonds. The number of rotatable bonds is 4. The van der Waals surface area contributed by atoms with E-state index in [-0.39, 0.29) is 0 Å². The molecule has 0 aromatic heterocycles. The fraction of sp³-hybridized carbons (Fsp3) is 0.625. The summed E-state index contributed by atoms with van der Waals surface area (Å²) in [6.07, 6.45) is 3.51. The van der Waals surface area contributed by atoms with Gasteiger partial charge in [-0.05, 0) is 41.7 Å². The van der Waals surface area contributed by atoms with E-state index in [1.807, 2.05) is 0 Å². The molecule has 0 atom stereocenters. The van der Waals surface area contributed by atoms with Crippen LogP contribution in [-0.2, 0) is 11.2 Å². The van der Waals surface area contributed by atoms with Crippen LogP contribution in [0.25, 0.3) is 0 Å². The van der Waals surface area contributed by atoms with E-state index in [4.69, 9.17) is 4.74 Å². The first-order chi connectivity index (χ1) is 8.65. The molecule has 1 aliphatic rings. The number of hydrogen-bond acceptors (Lipinski definition) is 1. The van der Waals surface area contributed by atoms with Gasteiger partial charge in [0.1, 0.15) is 0 Å². The van der Waals surface area contributed by atoms with Gasteiger partial charge >= 0.3 is 0 Å². The fourth-order valence-corrected chi connectivity index (χ4v) is 3.37. The van der Waals surface area contributed by atoms with Crippen molar-refractivity contribution in [3.05, 3.63) is 35.4 Å². The van der Waals surface area contributed by atoms with Crippen LogP contribution in [0.4, 0.5) is 0 Å². The number of hydrogen-bond donors (Lipinski definition) is 0. The van der Waals surface area contributed by atoms with Crippen LogP contribution in [0, 0.1) is 5.41 Å². The fourth-order valence-electron chi connectivity index (χ4n) is 2.62. The van der Waals surface area contributed by atoms with Crippen molar-refractivity contribution in [3.63, 3.8) is 0 Å². The van der Waals surface area contributed by atoms with E-state index < -0.39 is 0 Å². The molecule has 0 N–H and O–H groups in total. The Bertz CT molecular complexity index is 363. The minimum Gasteiger partial charge on any atom is -0.381 e. The maximum atomic E-state index is 5.49. The van der Waals surface area contributed by atoms with Crippen molar-refractivity contribution in [1.82, 2.24) is 0 Å². The lowest BCUT2D eigenvalue weighted by Crippen LogP contribution is -2.33. The second-order valence-electron chi connectivity index (χ2n) is 5.82. The maximum Gasteiger partial charge on any atom is 0.0471 e. The van der Waals surface area contributed by atoms with Gasteiger partial charge in [0.15, 0.2) is 0 Å². The third-order valence-electron chi connectivity index (χ3n) is 4.06. The van der Waals surface area contributed by atoms with Gasteiger partial charge in [0, 0.05) is 18.5 Å². The molecule has 1 fully saturated rings. The molecule has 1 nitrogen and oxygen atoms in total. The van der Waals surface area contributed by atoms with Crippen LogP contribution >= 0.6 is 15.9 Å². The van der Waals surface area contributed by atoms with Gasteiger partial charge in [-0.15, -0.1) is 0 Å². The average Bonchev–Trinajstić information content (AvgIpc) is 2.40. The van der Waals surface area contributed by atoms with Crippen molar-refractivity contribution in [2.45, 2.75) is 39.0 Å². The zero-order chi connectivity index (χ0) is 13.0. The number of ether oxygens (including phenoxy) is 1. The van der Waals surface area contributed by atoms with E-state index in [0.717, 1.165) is 18.5 Å². The molecule has 1 aromatic rings. The quantitative estimate of drug-likeness (QED) is 0.742. The Morgan fingerprint density at radius 3 is 2.28 bits per heavy atom. The number of benzene rings is 1. The van der Waals surface area contributed by atoms with Gasteiger partial charge in [-0.2, -0.15) is 0 Å². The molecule has 0 saturated carbocycles. The zero-order valence-electron chi connectivity index (χ0n) is 11.4. The van der Waals surface area contributed by atoms with Crippen molar-refractivity contribution in [1.29, 1.82) is 0 Å². The summed E-state index contributed by atoms with van der Waals surface area (Å²) in [5.41, 5.74) is 3.29. The summed E-state index contributed by atoms with van der Waals surface area (Å²) < 4.78 is 5.49. The Morgan fingerprint density at radius 1 is 1.17 bits per heavy atom. The summed E-state index contributed by atoms with van der Waals surface area (Å²) in [4.78, 5) is 0. The number of alkyl halides is 1. The van der Waals surface area contributed by atoms with Gasteiger partial charge in [0.2, 0.25) is 0 Å². The van der Waals surface area contributed by atoms with Crippen LogP contribution in [0.15, 0.2) is 24.3 Å². The van der Waals surface area contributed by atoms with Crippen LogP contribution in [0.1, 0.15) is 43.7 Å². The van der Waals surface area contributed by atoms with E-state index >= 15 is 0 Å². The van der Waals surface area contributed by atoms with Crippen LogP contribution in [0.5, 0.6) is 0 Å². The van der Waals surface area contributed by atoms with Crippen molar-refractivity contribution < 1.29 is 4.74 Å². The highest BCUT2D eigenvalue weighted by molar-refractivity contribution is 9.09. The molecule has 0 aliphatic carbocycles. The van der Waals surface area contributed by atoms with E-state index in [0.29, 0.717) is 11.3 Å². The van der Waals surface area contributed by atoms with Crippen molar-refractivity contribution in [2.24, 2.45) is 5.41 Å². The second-order valence-corrected chi connectivity index (χ2v) is 6.38. The summed E-state index contributed by atoms with van der Waals surface area (Å²) in [5, 5.41) is 1.08. The zero-order valence-corrected chi connectivity index (χ0v) is 13.0. The Kier molecular flexibility index (Phi) is 4.85. The monoisotopic (exact) mass is 310 g/mol. The van der Waals surface area contributed by atoms with Gasteiger partial charge in [0.25, 0.3) is 0 Å². The van der Waals surface area contributed by atoms with E-state index in [9.17, 15) is 0 Å². The minimum absolute atomic E-state index is 0.400. The summed E-state index contributed by atoms with van der Waals surface area (Å²) in [6, 6.07) is 9.16. The van der Waals surface area contributed by atoms with E-state index in [2.05, 4.69) is 54.0 Å². The third kappa shape index (κ3) is 3.36. The lowest BCUT2D eigenvalue weighted by Gasteiger charge is -2.35. The summed E-state index contributed by atoms with van der Waals surface area (Å²) in [7, 11) is 0. The van der Waals surface area contributed by atoms with Crippen LogP contribution in [0.3, 0.4) is 0 Å². The van der Waals surface area contributed by atoms with Crippen LogP contribution in [-0.4, -0.2) is 18.5 Å². The minimum atomic E-state index is 0.400. The largest absolute Gasteiger partial charge is 0.381 e. The Morgan fingerprint density at radius 2 is 1.78 bits per heavy atom. The van der Waals surface area contributed by atoms with Crippen molar-refractivity contribution in [2.75, 3.05) is 18.5 Å². The standard InChI is InChI=1S/C16H23BrO/c1-13(2)15-5-3-14(4-6-15)11-16(12-17)7-9-18-10-8-16/h3-6,13H,7-12H2,1-2H3. The highest BCUT2D eigenvalue weighted by atomic mass is 79.9. The molecule has 1 heterocycles. The molecule has 0 bridgehead atoms. The van der Waals surface area contributed by atoms with Crippen LogP contribution in [0.2, 0.25) is 0 Å². The molecule has 0 spiro atoms. The lowest BCUT2D eigenvalue weighted by atomic mass is 9.77. The lowest BCUT2D eigenvalue weighted by molar-refractivity contribution is 0.0270. The van der Waals surface area contributed by atoms with Crippen molar-refractivity contribution >= 4 is 15.9 Å². The molecule has 0 unspecified atom stereocenters. The SMILES string of the molecule is CC(C)c1ccc(CC2(CBr)CCOCC2)cc1. The summed E-state index contributed by atoms with van der Waals surface area (Å²) in [6.45, 7) is 6.31. The van der Waals surface area contributed by atoms with E-state index in [1.54, 1.807) is 0 Å². The smallest absolute Gasteiger partial charge is 0.0471 e. The van der Waals surface area contributed by atoms with Gasteiger partial charge in [-0.3, -0.25) is 0 Å². The predicted octanol–water partition coefficient (Wildman–Crippen LogP) is 4.54. The molecule has 1 aliphatic heterocycles. The Labute approximate surface area is 119 Å². The van der Waals surface area contributed by atoms with Gasteiger partial charge in [-0.25, -0.2) is 0 Å². The second kappa shape index (κ2) is 6.21. The highest BCUT2D eigenvalue weighted by Gasteiger charge is 2.31. The molecule has 2 rings (SSSR count). The predicted molar refractivity (Wildman–Crippen MR) is 80.5 cm³/mol. The first kappa shape index (κ1) is 14.1. The van der Waals surface area contributed by atoms with Gasteiger partial charge in [0.05, 0.1) is 0 Å². The topological polar surface area (TPSA) is 9.23 Å². The van der Waals surface area contributed by atoms with E-state index in [1.165, 1.54) is 30.4 Å². The van der Waals surface area contributed by atoms with Crippen molar-refractivity contribution in [3.8, 4) is 0 Å². The molecular weight excluding hydrogens is 288 g/mol. The third-order valence-corrected chi connectivity index (χ3v) is 5.25. The molecule has 2 heteroatoms. The highest BCUT2D eigenvalue weighted by Crippen LogP contribution is 2.36. The van der Waals surface area contributed by atoms with Crippen LogP contribution < -0.4 is 0 Å². The molecule has 18 heavy (non-hydrogen) atoms. The Hall–Kier alpha value is -0.340. The number of halogens is 1. The maximum absolute atomic E-state index is 5.49. The molecule has 100 valence electrons. The molecule has 0 radical (unpaired) electrons. The molecule has 1 saturated heterocycles. The summed E-state index contributed by atoms with van der Waals surface area (Å²) in [5.74, 6) is 0.618. The first-order valence-corrected chi connectivity index (χ1v) is 8.00. The van der Waals surface area contributed by atoms with Gasteiger partial charge < -0.3 is 4.74 Å². The average molecular weight is 311 g/mol. The Balaban J connectivity index is 2.07. The first-order valence-electron chi connectivity index (χ1n) is 6.88. The normalized spacial score (nSPS) is 19.1. The molecule has 1 aromatic carbocycles. The molecular formula is C16H23BrO. The van der Waals surface area contributed by atoms with Gasteiger partial charge in [-0.1, -0.05) is 54.0 Å².